The Morgan fingerprint density at radius 3 is 2.32 bits per heavy atom. The molecule has 0 aromatic rings. The second-order valence-electron chi connectivity index (χ2n) is 9.74. The van der Waals surface area contributed by atoms with Gasteiger partial charge in [0.05, 0.1) is 12.6 Å². The Labute approximate surface area is 206 Å². The quantitative estimate of drug-likeness (QED) is 0.239. The van der Waals surface area contributed by atoms with E-state index in [0.29, 0.717) is 12.6 Å². The lowest BCUT2D eigenvalue weighted by atomic mass is 10.0. The topological polar surface area (TPSA) is 78.0 Å². The standard InChI is InChI=1S/C23H45N5O2.HI/c1-6-10-19(27-22(29)30-23(3,4)5)17-25-21(24-7-2)26-18-13-15-28(16-14-18)20-11-8-9-12-20;/h18-20H,6-17H2,1-5H3,(H,27,29)(H2,24,25,26);1H. The third-order valence-electron chi connectivity index (χ3n) is 5.88. The van der Waals surface area contributed by atoms with Gasteiger partial charge in [0.1, 0.15) is 5.60 Å². The van der Waals surface area contributed by atoms with Crippen LogP contribution in [0.5, 0.6) is 0 Å². The smallest absolute Gasteiger partial charge is 0.407 e. The van der Waals surface area contributed by atoms with Crippen LogP contribution in [0.1, 0.15) is 86.0 Å². The van der Waals surface area contributed by atoms with Crippen molar-refractivity contribution in [2.24, 2.45) is 4.99 Å². The zero-order valence-corrected chi connectivity index (χ0v) is 22.7. The molecule has 1 heterocycles. The average Bonchev–Trinajstić information content (AvgIpc) is 3.20. The van der Waals surface area contributed by atoms with Gasteiger partial charge in [-0.05, 0) is 59.8 Å². The Balaban J connectivity index is 0.00000480. The van der Waals surface area contributed by atoms with Gasteiger partial charge in [-0.3, -0.25) is 4.99 Å². The summed E-state index contributed by atoms with van der Waals surface area (Å²) >= 11 is 0. The van der Waals surface area contributed by atoms with Crippen molar-refractivity contribution in [3.8, 4) is 0 Å². The minimum Gasteiger partial charge on any atom is -0.444 e. The van der Waals surface area contributed by atoms with Crippen LogP contribution < -0.4 is 16.0 Å². The van der Waals surface area contributed by atoms with Gasteiger partial charge < -0.3 is 25.6 Å². The van der Waals surface area contributed by atoms with Crippen molar-refractivity contribution < 1.29 is 9.53 Å². The number of amides is 1. The van der Waals surface area contributed by atoms with Crippen LogP contribution in [0.4, 0.5) is 4.79 Å². The normalized spacial score (nSPS) is 20.1. The number of halogens is 1. The van der Waals surface area contributed by atoms with E-state index >= 15 is 0 Å². The SMILES string of the molecule is CCCC(CN=C(NCC)NC1CCN(C2CCCC2)CC1)NC(=O)OC(C)(C)C.I. The van der Waals surface area contributed by atoms with Crippen LogP contribution in [0, 0.1) is 0 Å². The van der Waals surface area contributed by atoms with E-state index in [4.69, 9.17) is 9.73 Å². The zero-order valence-electron chi connectivity index (χ0n) is 20.3. The number of alkyl carbamates (subject to hydrolysis) is 1. The first kappa shape index (κ1) is 28.3. The highest BCUT2D eigenvalue weighted by molar-refractivity contribution is 14.0. The first-order valence-electron chi connectivity index (χ1n) is 12.1. The fourth-order valence-corrected chi connectivity index (χ4v) is 4.42. The number of carbonyl (C=O) groups is 1. The predicted octanol–water partition coefficient (Wildman–Crippen LogP) is 4.26. The Morgan fingerprint density at radius 1 is 1.13 bits per heavy atom. The Bertz CT molecular complexity index is 539. The summed E-state index contributed by atoms with van der Waals surface area (Å²) in [6.45, 7) is 13.6. The molecule has 7 nitrogen and oxygen atoms in total. The molecule has 1 saturated heterocycles. The minimum absolute atomic E-state index is 0. The number of nitrogens with one attached hydrogen (secondary N) is 3. The van der Waals surface area contributed by atoms with Crippen LogP contribution in [0.2, 0.25) is 0 Å². The maximum absolute atomic E-state index is 12.2. The van der Waals surface area contributed by atoms with Crippen LogP contribution in [-0.4, -0.2) is 66.9 Å². The van der Waals surface area contributed by atoms with E-state index in [-0.39, 0.29) is 36.1 Å². The summed E-state index contributed by atoms with van der Waals surface area (Å²) in [7, 11) is 0. The van der Waals surface area contributed by atoms with Gasteiger partial charge in [0, 0.05) is 31.7 Å². The molecule has 0 aromatic heterocycles. The fourth-order valence-electron chi connectivity index (χ4n) is 4.42. The highest BCUT2D eigenvalue weighted by Crippen LogP contribution is 2.26. The van der Waals surface area contributed by atoms with Gasteiger partial charge in [-0.2, -0.15) is 0 Å². The molecule has 2 fully saturated rings. The molecule has 1 unspecified atom stereocenters. The Morgan fingerprint density at radius 2 is 1.77 bits per heavy atom. The van der Waals surface area contributed by atoms with Gasteiger partial charge in [0.25, 0.3) is 0 Å². The molecule has 2 aliphatic rings. The van der Waals surface area contributed by atoms with Crippen molar-refractivity contribution in [2.75, 3.05) is 26.2 Å². The molecular formula is C23H46IN5O2. The maximum Gasteiger partial charge on any atom is 0.407 e. The number of rotatable bonds is 8. The number of likely N-dealkylation sites (tertiary alicyclic amines) is 1. The molecule has 0 bridgehead atoms. The molecule has 1 aliphatic carbocycles. The number of guanidine groups is 1. The van der Waals surface area contributed by atoms with Gasteiger partial charge in [0.2, 0.25) is 0 Å². The maximum atomic E-state index is 12.2. The highest BCUT2D eigenvalue weighted by atomic mass is 127. The number of ether oxygens (including phenoxy) is 1. The summed E-state index contributed by atoms with van der Waals surface area (Å²) in [6, 6.07) is 1.26. The Kier molecular flexibility index (Phi) is 13.1. The van der Waals surface area contributed by atoms with Gasteiger partial charge in [-0.1, -0.05) is 26.2 Å². The van der Waals surface area contributed by atoms with Gasteiger partial charge in [-0.25, -0.2) is 4.79 Å². The number of nitrogens with zero attached hydrogens (tertiary/aromatic N) is 2. The van der Waals surface area contributed by atoms with Gasteiger partial charge in [-0.15, -0.1) is 24.0 Å². The molecule has 0 aromatic carbocycles. The summed E-state index contributed by atoms with van der Waals surface area (Å²) in [5, 5.41) is 9.97. The zero-order chi connectivity index (χ0) is 22.0. The molecule has 3 N–H and O–H groups in total. The molecular weight excluding hydrogens is 505 g/mol. The highest BCUT2D eigenvalue weighted by Gasteiger charge is 2.27. The van der Waals surface area contributed by atoms with Crippen LogP contribution >= 0.6 is 24.0 Å². The van der Waals surface area contributed by atoms with Crippen molar-refractivity contribution in [2.45, 2.75) is 110 Å². The third kappa shape index (κ3) is 11.1. The minimum atomic E-state index is -0.492. The lowest BCUT2D eigenvalue weighted by molar-refractivity contribution is 0.0503. The van der Waals surface area contributed by atoms with E-state index in [1.54, 1.807) is 0 Å². The summed E-state index contributed by atoms with van der Waals surface area (Å²) < 4.78 is 5.41. The first-order chi connectivity index (χ1) is 14.3. The number of hydrogen-bond donors (Lipinski definition) is 3. The van der Waals surface area contributed by atoms with Crippen molar-refractivity contribution >= 4 is 36.0 Å². The molecule has 1 aliphatic heterocycles. The molecule has 0 spiro atoms. The fraction of sp³-hybridized carbons (Fsp3) is 0.913. The van der Waals surface area contributed by atoms with E-state index in [0.717, 1.165) is 44.2 Å². The molecule has 182 valence electrons. The van der Waals surface area contributed by atoms with Crippen LogP contribution in [0.25, 0.3) is 0 Å². The number of aliphatic imine (C=N–C) groups is 1. The molecule has 8 heteroatoms. The molecule has 31 heavy (non-hydrogen) atoms. The van der Waals surface area contributed by atoms with Crippen molar-refractivity contribution in [3.63, 3.8) is 0 Å². The molecule has 2 rings (SSSR count). The average molecular weight is 552 g/mol. The largest absolute Gasteiger partial charge is 0.444 e. The van der Waals surface area contributed by atoms with Crippen LogP contribution in [-0.2, 0) is 4.74 Å². The number of carbonyl (C=O) groups excluding carboxylic acids is 1. The van der Waals surface area contributed by atoms with E-state index in [1.165, 1.54) is 38.8 Å². The van der Waals surface area contributed by atoms with Gasteiger partial charge in [0.15, 0.2) is 5.96 Å². The first-order valence-corrected chi connectivity index (χ1v) is 12.1. The van der Waals surface area contributed by atoms with Crippen molar-refractivity contribution in [1.29, 1.82) is 0 Å². The lowest BCUT2D eigenvalue weighted by Crippen LogP contribution is -2.50. The van der Waals surface area contributed by atoms with Gasteiger partial charge >= 0.3 is 6.09 Å². The second kappa shape index (κ2) is 14.4. The summed E-state index contributed by atoms with van der Waals surface area (Å²) in [4.78, 5) is 19.6. The molecule has 1 saturated carbocycles. The molecule has 0 radical (unpaired) electrons. The van der Waals surface area contributed by atoms with E-state index in [9.17, 15) is 4.79 Å². The lowest BCUT2D eigenvalue weighted by Gasteiger charge is -2.36. The van der Waals surface area contributed by atoms with Crippen molar-refractivity contribution in [1.82, 2.24) is 20.9 Å². The van der Waals surface area contributed by atoms with Crippen molar-refractivity contribution in [3.05, 3.63) is 0 Å². The molecule has 1 atom stereocenters. The van der Waals surface area contributed by atoms with E-state index < -0.39 is 5.60 Å². The monoisotopic (exact) mass is 551 g/mol. The predicted molar refractivity (Wildman–Crippen MR) is 139 cm³/mol. The third-order valence-corrected chi connectivity index (χ3v) is 5.88. The summed E-state index contributed by atoms with van der Waals surface area (Å²) in [5.41, 5.74) is -0.492. The van der Waals surface area contributed by atoms with Crippen LogP contribution in [0.3, 0.4) is 0 Å². The second-order valence-corrected chi connectivity index (χ2v) is 9.74. The van der Waals surface area contributed by atoms with E-state index in [2.05, 4.69) is 34.7 Å². The number of piperidine rings is 1. The van der Waals surface area contributed by atoms with E-state index in [1.807, 2.05) is 20.8 Å². The summed E-state index contributed by atoms with van der Waals surface area (Å²) in [6.07, 6.45) is 9.38. The number of hydrogen-bond acceptors (Lipinski definition) is 4. The molecule has 1 amide bonds. The van der Waals surface area contributed by atoms with Crippen LogP contribution in [0.15, 0.2) is 4.99 Å². The summed E-state index contributed by atoms with van der Waals surface area (Å²) in [5.74, 6) is 0.851. The Hall–Kier alpha value is -0.770.